The van der Waals surface area contributed by atoms with E-state index >= 15 is 0 Å². The van der Waals surface area contributed by atoms with Crippen molar-refractivity contribution in [3.8, 4) is 0 Å². The van der Waals surface area contributed by atoms with E-state index in [0.29, 0.717) is 37.4 Å². The molecule has 31 heavy (non-hydrogen) atoms. The highest BCUT2D eigenvalue weighted by Crippen LogP contribution is 2.32. The van der Waals surface area contributed by atoms with Crippen LogP contribution in [0.25, 0.3) is 0 Å². The van der Waals surface area contributed by atoms with Gasteiger partial charge in [0.15, 0.2) is 0 Å². The van der Waals surface area contributed by atoms with Crippen molar-refractivity contribution in [1.29, 1.82) is 0 Å². The molecular weight excluding hydrogens is 392 g/mol. The molecule has 1 aliphatic carbocycles. The van der Waals surface area contributed by atoms with E-state index in [1.54, 1.807) is 11.8 Å². The number of carbonyl (C=O) groups excluding carboxylic acids is 3. The van der Waals surface area contributed by atoms with Gasteiger partial charge in [-0.25, -0.2) is 0 Å². The van der Waals surface area contributed by atoms with Crippen LogP contribution in [0.3, 0.4) is 0 Å². The van der Waals surface area contributed by atoms with Crippen molar-refractivity contribution < 1.29 is 14.4 Å². The van der Waals surface area contributed by atoms with Gasteiger partial charge in [0, 0.05) is 31.6 Å². The maximum absolute atomic E-state index is 12.9. The molecule has 168 valence electrons. The molecule has 3 aliphatic rings. The number of carbonyl (C=O) groups is 3. The number of nitrogens with one attached hydrogen (secondary N) is 3. The summed E-state index contributed by atoms with van der Waals surface area (Å²) < 4.78 is 0. The van der Waals surface area contributed by atoms with Crippen LogP contribution in [0.2, 0.25) is 0 Å². The molecule has 1 aromatic rings. The molecule has 1 aromatic carbocycles. The van der Waals surface area contributed by atoms with E-state index in [1.165, 1.54) is 32.1 Å². The zero-order valence-electron chi connectivity index (χ0n) is 18.6. The molecule has 4 rings (SSSR count). The maximum Gasteiger partial charge on any atom is 0.255 e. The Morgan fingerprint density at radius 2 is 1.97 bits per heavy atom. The topological polar surface area (TPSA) is 90.5 Å². The number of anilines is 1. The lowest BCUT2D eigenvalue weighted by molar-refractivity contribution is -0.139. The molecule has 3 amide bonds. The van der Waals surface area contributed by atoms with Crippen molar-refractivity contribution >= 4 is 23.4 Å². The van der Waals surface area contributed by atoms with Crippen LogP contribution in [0.5, 0.6) is 0 Å². The average molecular weight is 427 g/mol. The number of fused-ring (bicyclic) bond motifs is 1. The minimum Gasteiger partial charge on any atom is -0.362 e. The van der Waals surface area contributed by atoms with Crippen LogP contribution in [-0.2, 0) is 9.59 Å². The molecule has 2 aliphatic heterocycles. The smallest absolute Gasteiger partial charge is 0.255 e. The van der Waals surface area contributed by atoms with Gasteiger partial charge in [-0.05, 0) is 56.7 Å². The van der Waals surface area contributed by atoms with Crippen LogP contribution < -0.4 is 16.0 Å². The molecule has 2 heterocycles. The fourth-order valence-electron chi connectivity index (χ4n) is 5.14. The highest BCUT2D eigenvalue weighted by Gasteiger charge is 2.41. The first-order valence-electron chi connectivity index (χ1n) is 11.7. The van der Waals surface area contributed by atoms with E-state index in [2.05, 4.69) is 16.0 Å². The minimum absolute atomic E-state index is 0.0386. The summed E-state index contributed by atoms with van der Waals surface area (Å²) in [6.07, 6.45) is 7.46. The molecule has 7 heteroatoms. The van der Waals surface area contributed by atoms with Crippen LogP contribution in [-0.4, -0.2) is 47.4 Å². The average Bonchev–Trinajstić information content (AvgIpc) is 2.91. The summed E-state index contributed by atoms with van der Waals surface area (Å²) in [4.78, 5) is 40.0. The first-order chi connectivity index (χ1) is 14.9. The van der Waals surface area contributed by atoms with Gasteiger partial charge in [-0.15, -0.1) is 0 Å². The highest BCUT2D eigenvalue weighted by atomic mass is 16.2. The third-order valence-electron chi connectivity index (χ3n) is 7.15. The lowest BCUT2D eigenvalue weighted by atomic mass is 9.89. The van der Waals surface area contributed by atoms with Gasteiger partial charge in [0.1, 0.15) is 11.7 Å². The second-order valence-corrected chi connectivity index (χ2v) is 9.47. The van der Waals surface area contributed by atoms with Gasteiger partial charge in [-0.2, -0.15) is 0 Å². The molecule has 2 unspecified atom stereocenters. The number of nitrogens with zero attached hydrogens (tertiary/aromatic N) is 1. The van der Waals surface area contributed by atoms with Crippen molar-refractivity contribution in [2.24, 2.45) is 5.92 Å². The predicted octanol–water partition coefficient (Wildman–Crippen LogP) is 2.94. The summed E-state index contributed by atoms with van der Waals surface area (Å²) in [5.41, 5.74) is 1.84. The Hall–Kier alpha value is -2.57. The van der Waals surface area contributed by atoms with Gasteiger partial charge in [-0.1, -0.05) is 25.3 Å². The van der Waals surface area contributed by atoms with Crippen molar-refractivity contribution in [2.75, 3.05) is 18.4 Å². The van der Waals surface area contributed by atoms with Gasteiger partial charge in [0.2, 0.25) is 11.8 Å². The Kier molecular flexibility index (Phi) is 6.21. The monoisotopic (exact) mass is 426 g/mol. The molecule has 7 nitrogen and oxygen atoms in total. The molecule has 3 N–H and O–H groups in total. The van der Waals surface area contributed by atoms with E-state index in [9.17, 15) is 14.4 Å². The van der Waals surface area contributed by atoms with Gasteiger partial charge in [0.05, 0.1) is 5.56 Å². The summed E-state index contributed by atoms with van der Waals surface area (Å²) >= 11 is 0. The zero-order valence-corrected chi connectivity index (χ0v) is 18.6. The first-order valence-corrected chi connectivity index (χ1v) is 11.7. The fraction of sp³-hybridized carbons (Fsp3) is 0.625. The summed E-state index contributed by atoms with van der Waals surface area (Å²) in [6.45, 7) is 4.92. The lowest BCUT2D eigenvalue weighted by Crippen LogP contribution is -2.58. The van der Waals surface area contributed by atoms with Gasteiger partial charge >= 0.3 is 0 Å². The molecule has 0 radical (unpaired) electrons. The summed E-state index contributed by atoms with van der Waals surface area (Å²) in [6, 6.07) is 5.21. The van der Waals surface area contributed by atoms with Crippen molar-refractivity contribution in [2.45, 2.75) is 76.9 Å². The Morgan fingerprint density at radius 3 is 2.74 bits per heavy atom. The normalized spacial score (nSPS) is 25.3. The third-order valence-corrected chi connectivity index (χ3v) is 7.15. The highest BCUT2D eigenvalue weighted by molar-refractivity contribution is 6.02. The Labute approximate surface area is 184 Å². The molecule has 1 spiro atoms. The summed E-state index contributed by atoms with van der Waals surface area (Å²) in [7, 11) is 0. The van der Waals surface area contributed by atoms with Gasteiger partial charge in [0.25, 0.3) is 5.91 Å². The van der Waals surface area contributed by atoms with E-state index in [4.69, 9.17) is 0 Å². The van der Waals surface area contributed by atoms with Crippen LogP contribution in [0.15, 0.2) is 18.2 Å². The van der Waals surface area contributed by atoms with Crippen LogP contribution in [0, 0.1) is 12.8 Å². The summed E-state index contributed by atoms with van der Waals surface area (Å²) in [5, 5.41) is 9.65. The fourth-order valence-corrected chi connectivity index (χ4v) is 5.14. The number of rotatable bonds is 4. The van der Waals surface area contributed by atoms with Crippen molar-refractivity contribution in [3.63, 3.8) is 0 Å². The van der Waals surface area contributed by atoms with Crippen LogP contribution in [0.4, 0.5) is 5.69 Å². The van der Waals surface area contributed by atoms with Gasteiger partial charge < -0.3 is 20.9 Å². The van der Waals surface area contributed by atoms with Crippen LogP contribution in [0.1, 0.15) is 74.2 Å². The molecule has 0 aromatic heterocycles. The second kappa shape index (κ2) is 8.89. The number of hydrogen-bond acceptors (Lipinski definition) is 4. The minimum atomic E-state index is -0.666. The molecule has 0 bridgehead atoms. The van der Waals surface area contributed by atoms with E-state index < -0.39 is 11.7 Å². The molecule has 1 saturated carbocycles. The lowest BCUT2D eigenvalue weighted by Gasteiger charge is -2.40. The quantitative estimate of drug-likeness (QED) is 0.690. The van der Waals surface area contributed by atoms with Gasteiger partial charge in [-0.3, -0.25) is 14.4 Å². The number of benzene rings is 1. The molecule has 2 atom stereocenters. The second-order valence-electron chi connectivity index (χ2n) is 9.47. The summed E-state index contributed by atoms with van der Waals surface area (Å²) in [5.74, 6) is 0.311. The number of aryl methyl sites for hydroxylation is 1. The molecular formula is C24H34N4O3. The van der Waals surface area contributed by atoms with E-state index in [0.717, 1.165) is 11.3 Å². The van der Waals surface area contributed by atoms with Crippen molar-refractivity contribution in [1.82, 2.24) is 15.5 Å². The predicted molar refractivity (Wildman–Crippen MR) is 120 cm³/mol. The largest absolute Gasteiger partial charge is 0.362 e. The Balaban J connectivity index is 1.40. The van der Waals surface area contributed by atoms with Crippen molar-refractivity contribution in [3.05, 3.63) is 29.3 Å². The Bertz CT molecular complexity index is 864. The zero-order chi connectivity index (χ0) is 22.0. The molecule has 2 fully saturated rings. The first kappa shape index (κ1) is 21.7. The standard InChI is InChI=1S/C24H34N4O3/c1-16-8-9-19-20(14-16)26-24(27-23(19)31)11-10-21(29)28(13-12-24)17(2)22(30)25-15-18-6-4-3-5-7-18/h8-9,14,17-18,26H,3-7,10-13,15H2,1-2H3,(H,25,30)(H,27,31). The van der Waals surface area contributed by atoms with E-state index in [-0.39, 0.29) is 24.1 Å². The maximum atomic E-state index is 12.9. The van der Waals surface area contributed by atoms with Crippen LogP contribution >= 0.6 is 0 Å². The Morgan fingerprint density at radius 1 is 1.19 bits per heavy atom. The number of amides is 3. The third kappa shape index (κ3) is 4.70. The SMILES string of the molecule is Cc1ccc2c(c1)NC1(CCC(=O)N(C(C)C(=O)NCC3CCCCC3)CC1)NC2=O. The number of hydrogen-bond donors (Lipinski definition) is 3. The number of likely N-dealkylation sites (tertiary alicyclic amines) is 1. The van der Waals surface area contributed by atoms with E-state index in [1.807, 2.05) is 25.1 Å². The molecule has 1 saturated heterocycles.